The zero-order chi connectivity index (χ0) is 23.7. The molecule has 3 aromatic rings. The van der Waals surface area contributed by atoms with Crippen molar-refractivity contribution in [1.29, 1.82) is 0 Å². The lowest BCUT2D eigenvalue weighted by atomic mass is 9.66. The lowest BCUT2D eigenvalue weighted by molar-refractivity contribution is -0.122. The maximum absolute atomic E-state index is 13.7. The molecule has 0 unspecified atom stereocenters. The number of amides is 1. The summed E-state index contributed by atoms with van der Waals surface area (Å²) in [6, 6.07) is 19.4. The number of rotatable bonds is 4. The zero-order valence-electron chi connectivity index (χ0n) is 18.7. The summed E-state index contributed by atoms with van der Waals surface area (Å²) in [6.07, 6.45) is 4.42. The van der Waals surface area contributed by atoms with Crippen molar-refractivity contribution in [3.05, 3.63) is 107 Å². The third-order valence-electron chi connectivity index (χ3n) is 6.60. The van der Waals surface area contributed by atoms with Crippen molar-refractivity contribution in [2.75, 3.05) is 5.32 Å². The molecule has 1 aliphatic heterocycles. The number of benzene rings is 2. The van der Waals surface area contributed by atoms with E-state index in [9.17, 15) is 14.0 Å². The van der Waals surface area contributed by atoms with Crippen molar-refractivity contribution in [3.63, 3.8) is 0 Å². The highest BCUT2D eigenvalue weighted by Gasteiger charge is 2.45. The van der Waals surface area contributed by atoms with E-state index >= 15 is 0 Å². The molecule has 1 amide bonds. The Kier molecular flexibility index (Phi) is 5.88. The lowest BCUT2D eigenvalue weighted by Gasteiger charge is -2.38. The predicted molar refractivity (Wildman–Crippen MR) is 129 cm³/mol. The number of anilines is 1. The van der Waals surface area contributed by atoms with Crippen molar-refractivity contribution < 1.29 is 14.0 Å². The predicted octanol–water partition coefficient (Wildman–Crippen LogP) is 5.43. The fraction of sp³-hybridized carbons (Fsp3) is 0.214. The molecule has 6 heteroatoms. The van der Waals surface area contributed by atoms with Gasteiger partial charge in [0.05, 0.1) is 5.92 Å². The normalized spacial score (nSPS) is 22.1. The number of allylic oxidation sites excluding steroid dienone is 1. The van der Waals surface area contributed by atoms with E-state index in [4.69, 9.17) is 4.99 Å². The average Bonchev–Trinajstić information content (AvgIpc) is 2.84. The third-order valence-corrected chi connectivity index (χ3v) is 6.60. The lowest BCUT2D eigenvalue weighted by Crippen LogP contribution is -2.41. The third kappa shape index (κ3) is 4.19. The molecular formula is C28H24FN3O2. The first-order valence-electron chi connectivity index (χ1n) is 11.3. The van der Waals surface area contributed by atoms with Gasteiger partial charge in [0, 0.05) is 47.4 Å². The number of Topliss-reactive ketones (excluding diaryl/α,β-unsaturated/α-hetero) is 1. The van der Waals surface area contributed by atoms with Crippen LogP contribution in [-0.2, 0) is 9.59 Å². The SMILES string of the molecule is CC1=C(C(=O)Nc2cccc(F)c2)[C@@H](c2cccnc2)[C@@H]2C(=O)C[C@@H](c3ccccc3)CC2=N1. The molecule has 2 heterocycles. The average molecular weight is 454 g/mol. The number of hydrogen-bond donors (Lipinski definition) is 1. The fourth-order valence-corrected chi connectivity index (χ4v) is 5.12. The molecule has 34 heavy (non-hydrogen) atoms. The van der Waals surface area contributed by atoms with Crippen LogP contribution in [0, 0.1) is 11.7 Å². The molecule has 170 valence electrons. The Hall–Kier alpha value is -3.93. The second-order valence-corrected chi connectivity index (χ2v) is 8.79. The van der Waals surface area contributed by atoms with Gasteiger partial charge in [0.1, 0.15) is 11.6 Å². The molecule has 2 aliphatic rings. The van der Waals surface area contributed by atoms with Crippen LogP contribution >= 0.6 is 0 Å². The number of aliphatic imine (C=N–C) groups is 1. The molecule has 0 radical (unpaired) electrons. The van der Waals surface area contributed by atoms with Gasteiger partial charge in [-0.3, -0.25) is 19.6 Å². The van der Waals surface area contributed by atoms with Crippen molar-refractivity contribution in [1.82, 2.24) is 4.98 Å². The van der Waals surface area contributed by atoms with Gasteiger partial charge in [0.15, 0.2) is 0 Å². The van der Waals surface area contributed by atoms with Gasteiger partial charge in [-0.1, -0.05) is 42.5 Å². The van der Waals surface area contributed by atoms with E-state index in [2.05, 4.69) is 10.3 Å². The maximum Gasteiger partial charge on any atom is 0.254 e. The summed E-state index contributed by atoms with van der Waals surface area (Å²) >= 11 is 0. The van der Waals surface area contributed by atoms with Gasteiger partial charge in [-0.05, 0) is 54.7 Å². The number of pyridine rings is 1. The first-order valence-corrected chi connectivity index (χ1v) is 11.3. The summed E-state index contributed by atoms with van der Waals surface area (Å²) in [6.45, 7) is 1.80. The number of aromatic nitrogens is 1. The van der Waals surface area contributed by atoms with Crippen LogP contribution in [0.25, 0.3) is 0 Å². The summed E-state index contributed by atoms with van der Waals surface area (Å²) in [7, 11) is 0. The smallest absolute Gasteiger partial charge is 0.254 e. The van der Waals surface area contributed by atoms with Crippen molar-refractivity contribution in [2.45, 2.75) is 31.6 Å². The Morgan fingerprint density at radius 2 is 1.76 bits per heavy atom. The van der Waals surface area contributed by atoms with Crippen LogP contribution in [0.4, 0.5) is 10.1 Å². The van der Waals surface area contributed by atoms with E-state index in [-0.39, 0.29) is 11.7 Å². The van der Waals surface area contributed by atoms with Crippen LogP contribution < -0.4 is 5.32 Å². The van der Waals surface area contributed by atoms with Gasteiger partial charge in [0.25, 0.3) is 5.91 Å². The van der Waals surface area contributed by atoms with Crippen molar-refractivity contribution >= 4 is 23.1 Å². The molecule has 3 atom stereocenters. The van der Waals surface area contributed by atoms with E-state index < -0.39 is 23.6 Å². The highest BCUT2D eigenvalue weighted by atomic mass is 19.1. The summed E-state index contributed by atoms with van der Waals surface area (Å²) < 4.78 is 13.7. The van der Waals surface area contributed by atoms with Gasteiger partial charge in [-0.2, -0.15) is 0 Å². The zero-order valence-corrected chi connectivity index (χ0v) is 18.7. The highest BCUT2D eigenvalue weighted by Crippen LogP contribution is 2.45. The minimum absolute atomic E-state index is 0.0636. The molecule has 5 rings (SSSR count). The maximum atomic E-state index is 13.7. The topological polar surface area (TPSA) is 71.4 Å². The Labute approximate surface area is 197 Å². The monoisotopic (exact) mass is 453 g/mol. The minimum Gasteiger partial charge on any atom is -0.322 e. The van der Waals surface area contributed by atoms with Crippen molar-refractivity contribution in [3.8, 4) is 0 Å². The minimum atomic E-state index is -0.527. The van der Waals surface area contributed by atoms with E-state index in [0.717, 1.165) is 16.8 Å². The molecule has 1 aliphatic carbocycles. The Morgan fingerprint density at radius 1 is 0.971 bits per heavy atom. The first-order chi connectivity index (χ1) is 16.5. The molecule has 2 aromatic carbocycles. The summed E-state index contributed by atoms with van der Waals surface area (Å²) in [4.78, 5) is 36.0. The van der Waals surface area contributed by atoms with Gasteiger partial charge in [0.2, 0.25) is 0 Å². The number of carbonyl (C=O) groups is 2. The van der Waals surface area contributed by atoms with Gasteiger partial charge in [-0.15, -0.1) is 0 Å². The molecule has 0 saturated heterocycles. The summed E-state index contributed by atoms with van der Waals surface area (Å²) in [5, 5.41) is 2.79. The van der Waals surface area contributed by atoms with Crippen molar-refractivity contribution in [2.24, 2.45) is 10.9 Å². The van der Waals surface area contributed by atoms with Crippen LogP contribution in [-0.4, -0.2) is 22.4 Å². The number of hydrogen-bond acceptors (Lipinski definition) is 4. The van der Waals surface area contributed by atoms with E-state index in [1.54, 1.807) is 31.5 Å². The number of carbonyl (C=O) groups excluding carboxylic acids is 2. The van der Waals surface area contributed by atoms with Gasteiger partial charge < -0.3 is 5.32 Å². The van der Waals surface area contributed by atoms with Crippen LogP contribution in [0.15, 0.2) is 95.4 Å². The molecule has 1 fully saturated rings. The standard InChI is InChI=1S/C28H24FN3O2/c1-17-25(28(34)32-22-11-5-10-21(29)15-22)26(19-9-6-12-30-16-19)27-23(31-17)13-20(14-24(27)33)18-7-3-2-4-8-18/h2-12,15-16,20,26-27H,13-14H2,1H3,(H,32,34)/t20-,26+,27-/m0/s1. The molecule has 0 spiro atoms. The van der Waals surface area contributed by atoms with E-state index in [1.807, 2.05) is 36.4 Å². The first kappa shape index (κ1) is 21.9. The van der Waals surface area contributed by atoms with Crippen LogP contribution in [0.1, 0.15) is 42.7 Å². The van der Waals surface area contributed by atoms with Gasteiger partial charge >= 0.3 is 0 Å². The van der Waals surface area contributed by atoms with Gasteiger partial charge in [-0.25, -0.2) is 4.39 Å². The second-order valence-electron chi connectivity index (χ2n) is 8.79. The van der Waals surface area contributed by atoms with E-state index in [1.165, 1.54) is 18.2 Å². The molecule has 5 nitrogen and oxygen atoms in total. The molecule has 1 saturated carbocycles. The summed E-state index contributed by atoms with van der Waals surface area (Å²) in [5.74, 6) is -1.73. The molecule has 1 aromatic heterocycles. The van der Waals surface area contributed by atoms with Crippen LogP contribution in [0.2, 0.25) is 0 Å². The second kappa shape index (κ2) is 9.14. The Morgan fingerprint density at radius 3 is 2.50 bits per heavy atom. The number of nitrogens with zero attached hydrogens (tertiary/aromatic N) is 2. The number of fused-ring (bicyclic) bond motifs is 1. The molecule has 1 N–H and O–H groups in total. The highest BCUT2D eigenvalue weighted by molar-refractivity contribution is 6.14. The number of halogens is 1. The number of ketones is 1. The Balaban J connectivity index is 1.56. The largest absolute Gasteiger partial charge is 0.322 e. The van der Waals surface area contributed by atoms with Crippen LogP contribution in [0.5, 0.6) is 0 Å². The summed E-state index contributed by atoms with van der Waals surface area (Å²) in [5.41, 5.74) is 4.04. The number of nitrogens with one attached hydrogen (secondary N) is 1. The fourth-order valence-electron chi connectivity index (χ4n) is 5.12. The quantitative estimate of drug-likeness (QED) is 0.572. The molecule has 0 bridgehead atoms. The van der Waals surface area contributed by atoms with E-state index in [0.29, 0.717) is 29.8 Å². The van der Waals surface area contributed by atoms with Crippen LogP contribution in [0.3, 0.4) is 0 Å². The Bertz CT molecular complexity index is 1300. The molecular weight excluding hydrogens is 429 g/mol.